The van der Waals surface area contributed by atoms with E-state index in [4.69, 9.17) is 0 Å². The quantitative estimate of drug-likeness (QED) is 0.695. The molecule has 1 heterocycles. The molecule has 0 radical (unpaired) electrons. The van der Waals surface area contributed by atoms with E-state index in [-0.39, 0.29) is 16.1 Å². The van der Waals surface area contributed by atoms with Gasteiger partial charge in [-0.3, -0.25) is 4.79 Å². The molecule has 0 aromatic rings. The van der Waals surface area contributed by atoms with Gasteiger partial charge >= 0.3 is 0 Å². The van der Waals surface area contributed by atoms with Crippen LogP contribution in [-0.2, 0) is 0 Å². The first-order valence-electron chi connectivity index (χ1n) is 5.45. The molecular weight excluding hydrogens is 210 g/mol. The van der Waals surface area contributed by atoms with Crippen LogP contribution < -0.4 is 0 Å². The second-order valence-corrected chi connectivity index (χ2v) is 7.04. The predicted octanol–water partition coefficient (Wildman–Crippen LogP) is 2.34. The zero-order chi connectivity index (χ0) is 11.6. The molecule has 1 fully saturated rings. The van der Waals surface area contributed by atoms with E-state index in [9.17, 15) is 9.90 Å². The minimum atomic E-state index is -0.358. The second-order valence-electron chi connectivity index (χ2n) is 5.26. The number of aliphatic hydroxyl groups is 1. The van der Waals surface area contributed by atoms with Gasteiger partial charge in [0.1, 0.15) is 0 Å². The smallest absolute Gasteiger partial charge is 0.282 e. The highest BCUT2D eigenvalue weighted by Gasteiger charge is 2.29. The number of hydrogen-bond donors (Lipinski definition) is 1. The topological polar surface area (TPSA) is 40.5 Å². The number of carbonyl (C=O) groups is 1. The lowest BCUT2D eigenvalue weighted by atomic mass is 9.97. The van der Waals surface area contributed by atoms with Crippen LogP contribution in [0.5, 0.6) is 0 Å². The fourth-order valence-electron chi connectivity index (χ4n) is 1.54. The second kappa shape index (κ2) is 4.74. The van der Waals surface area contributed by atoms with Crippen LogP contribution in [0.2, 0.25) is 0 Å². The average molecular weight is 231 g/mol. The van der Waals surface area contributed by atoms with Crippen molar-refractivity contribution < 1.29 is 9.90 Å². The minimum absolute atomic E-state index is 0.0505. The number of aliphatic hydroxyl groups excluding tert-OH is 1. The van der Waals surface area contributed by atoms with Gasteiger partial charge in [-0.25, -0.2) is 0 Å². The molecule has 4 heteroatoms. The fraction of sp³-hybridized carbons (Fsp3) is 0.909. The molecule has 1 aliphatic heterocycles. The van der Waals surface area contributed by atoms with Crippen LogP contribution in [0.4, 0.5) is 4.79 Å². The summed E-state index contributed by atoms with van der Waals surface area (Å²) in [6.07, 6.45) is 0.542. The van der Waals surface area contributed by atoms with Crippen molar-refractivity contribution in [1.82, 2.24) is 4.90 Å². The Morgan fingerprint density at radius 1 is 1.47 bits per heavy atom. The molecule has 15 heavy (non-hydrogen) atoms. The summed E-state index contributed by atoms with van der Waals surface area (Å²) in [5, 5.41) is 9.78. The van der Waals surface area contributed by atoms with E-state index < -0.39 is 0 Å². The Kier molecular flexibility index (Phi) is 4.06. The minimum Gasteiger partial charge on any atom is -0.391 e. The van der Waals surface area contributed by atoms with E-state index in [0.717, 1.165) is 13.0 Å². The molecule has 1 aliphatic rings. The summed E-state index contributed by atoms with van der Waals surface area (Å²) in [6, 6.07) is 0. The molecule has 0 aliphatic carbocycles. The van der Waals surface area contributed by atoms with Crippen LogP contribution >= 0.6 is 11.8 Å². The lowest BCUT2D eigenvalue weighted by Crippen LogP contribution is -2.45. The average Bonchev–Trinajstić information content (AvgIpc) is 2.06. The number of hydrogen-bond acceptors (Lipinski definition) is 3. The molecule has 1 rings (SSSR count). The maximum absolute atomic E-state index is 11.8. The first-order valence-corrected chi connectivity index (χ1v) is 6.27. The van der Waals surface area contributed by atoms with Gasteiger partial charge in [-0.1, -0.05) is 39.5 Å². The van der Waals surface area contributed by atoms with Gasteiger partial charge in [0, 0.05) is 17.8 Å². The van der Waals surface area contributed by atoms with Gasteiger partial charge < -0.3 is 10.0 Å². The van der Waals surface area contributed by atoms with Crippen LogP contribution in [0.25, 0.3) is 0 Å². The summed E-state index contributed by atoms with van der Waals surface area (Å²) in [4.78, 5) is 13.6. The molecule has 1 N–H and O–H groups in total. The van der Waals surface area contributed by atoms with Crippen molar-refractivity contribution in [1.29, 1.82) is 0 Å². The maximum Gasteiger partial charge on any atom is 0.282 e. The SMILES string of the molecule is CC1CCN(C(=O)SC(C)(C)C)CC1O. The van der Waals surface area contributed by atoms with Gasteiger partial charge in [0.25, 0.3) is 5.24 Å². The Morgan fingerprint density at radius 3 is 2.53 bits per heavy atom. The van der Waals surface area contributed by atoms with Crippen molar-refractivity contribution in [2.45, 2.75) is 45.0 Å². The molecule has 88 valence electrons. The Hall–Kier alpha value is -0.220. The van der Waals surface area contributed by atoms with E-state index in [0.29, 0.717) is 12.5 Å². The lowest BCUT2D eigenvalue weighted by molar-refractivity contribution is 0.0487. The van der Waals surface area contributed by atoms with Gasteiger partial charge in [-0.15, -0.1) is 0 Å². The summed E-state index contributed by atoms with van der Waals surface area (Å²) < 4.78 is -0.0505. The summed E-state index contributed by atoms with van der Waals surface area (Å²) in [5.41, 5.74) is 0. The van der Waals surface area contributed by atoms with Crippen molar-refractivity contribution in [3.8, 4) is 0 Å². The predicted molar refractivity (Wildman–Crippen MR) is 64.1 cm³/mol. The Labute approximate surface area is 96.2 Å². The Bertz CT molecular complexity index is 237. The number of nitrogens with zero attached hydrogens (tertiary/aromatic N) is 1. The Morgan fingerprint density at radius 2 is 2.07 bits per heavy atom. The van der Waals surface area contributed by atoms with Crippen molar-refractivity contribution in [3.05, 3.63) is 0 Å². The molecule has 0 spiro atoms. The monoisotopic (exact) mass is 231 g/mol. The third kappa shape index (κ3) is 4.03. The number of amides is 1. The lowest BCUT2D eigenvalue weighted by Gasteiger charge is -2.35. The summed E-state index contributed by atoms with van der Waals surface area (Å²) >= 11 is 1.34. The third-order valence-electron chi connectivity index (χ3n) is 2.57. The molecule has 2 atom stereocenters. The third-order valence-corrected chi connectivity index (χ3v) is 3.62. The zero-order valence-corrected chi connectivity index (χ0v) is 10.8. The Balaban J connectivity index is 2.48. The van der Waals surface area contributed by atoms with Crippen LogP contribution in [-0.4, -0.2) is 39.2 Å². The van der Waals surface area contributed by atoms with Gasteiger partial charge in [0.2, 0.25) is 0 Å². The molecule has 0 aromatic heterocycles. The van der Waals surface area contributed by atoms with Crippen LogP contribution in [0, 0.1) is 5.92 Å². The zero-order valence-electron chi connectivity index (χ0n) is 9.99. The van der Waals surface area contributed by atoms with E-state index in [1.165, 1.54) is 11.8 Å². The van der Waals surface area contributed by atoms with Crippen molar-refractivity contribution >= 4 is 17.0 Å². The van der Waals surface area contributed by atoms with Gasteiger partial charge in [-0.05, 0) is 12.3 Å². The summed E-state index contributed by atoms with van der Waals surface area (Å²) in [5.74, 6) is 0.314. The molecule has 1 saturated heterocycles. The van der Waals surface area contributed by atoms with Crippen LogP contribution in [0.1, 0.15) is 34.1 Å². The highest BCUT2D eigenvalue weighted by molar-refractivity contribution is 8.14. The van der Waals surface area contributed by atoms with Crippen LogP contribution in [0.3, 0.4) is 0 Å². The number of thioether (sulfide) groups is 1. The first kappa shape index (κ1) is 12.8. The first-order chi connectivity index (χ1) is 6.79. The van der Waals surface area contributed by atoms with Crippen molar-refractivity contribution in [3.63, 3.8) is 0 Å². The van der Waals surface area contributed by atoms with E-state index >= 15 is 0 Å². The molecule has 0 aromatic carbocycles. The highest BCUT2D eigenvalue weighted by Crippen LogP contribution is 2.28. The van der Waals surface area contributed by atoms with Crippen molar-refractivity contribution in [2.24, 2.45) is 5.92 Å². The highest BCUT2D eigenvalue weighted by atomic mass is 32.2. The number of likely N-dealkylation sites (tertiary alicyclic amines) is 1. The van der Waals surface area contributed by atoms with Crippen molar-refractivity contribution in [2.75, 3.05) is 13.1 Å². The normalized spacial score (nSPS) is 27.9. The van der Waals surface area contributed by atoms with E-state index in [2.05, 4.69) is 0 Å². The molecule has 2 unspecified atom stereocenters. The molecule has 3 nitrogen and oxygen atoms in total. The number of carbonyl (C=O) groups excluding carboxylic acids is 1. The van der Waals surface area contributed by atoms with E-state index in [1.807, 2.05) is 27.7 Å². The largest absolute Gasteiger partial charge is 0.391 e. The van der Waals surface area contributed by atoms with Gasteiger partial charge in [0.15, 0.2) is 0 Å². The summed E-state index contributed by atoms with van der Waals surface area (Å²) in [7, 11) is 0. The van der Waals surface area contributed by atoms with Gasteiger partial charge in [0.05, 0.1) is 6.10 Å². The fourth-order valence-corrected chi connectivity index (χ4v) is 2.36. The molecular formula is C11H21NO2S. The standard InChI is InChI=1S/C11H21NO2S/c1-8-5-6-12(7-9(8)13)10(14)15-11(2,3)4/h8-9,13H,5-7H2,1-4H3. The number of piperidine rings is 1. The van der Waals surface area contributed by atoms with Crippen LogP contribution in [0.15, 0.2) is 0 Å². The molecule has 0 bridgehead atoms. The molecule has 0 saturated carbocycles. The summed E-state index contributed by atoms with van der Waals surface area (Å²) in [6.45, 7) is 9.38. The van der Waals surface area contributed by atoms with E-state index in [1.54, 1.807) is 4.90 Å². The number of rotatable bonds is 0. The maximum atomic E-state index is 11.8. The number of β-amino-alcohol motifs (C(OH)–C–C–N with tert-alkyl or cyclic N) is 1. The molecule has 1 amide bonds. The van der Waals surface area contributed by atoms with Gasteiger partial charge in [-0.2, -0.15) is 0 Å².